The Bertz CT molecular complexity index is 948. The minimum Gasteiger partial charge on any atom is -0.421 e. The van der Waals surface area contributed by atoms with Crippen LogP contribution >= 0.6 is 28.1 Å². The van der Waals surface area contributed by atoms with Crippen molar-refractivity contribution in [2.24, 2.45) is 0 Å². The fraction of sp³-hybridized carbons (Fsp3) is 0.190. The van der Waals surface area contributed by atoms with Crippen LogP contribution in [0.5, 0.6) is 5.75 Å². The summed E-state index contributed by atoms with van der Waals surface area (Å²) in [6, 6.07) is 16.3. The van der Waals surface area contributed by atoms with E-state index in [1.807, 2.05) is 42.5 Å². The smallest absolute Gasteiger partial charge is 0.354 e. The van der Waals surface area contributed by atoms with E-state index >= 15 is 0 Å². The summed E-state index contributed by atoms with van der Waals surface area (Å²) >= 11 is 8.98. The lowest BCUT2D eigenvalue weighted by Gasteiger charge is -2.29. The van der Waals surface area contributed by atoms with Crippen LogP contribution in [0.15, 0.2) is 58.6 Å². The van der Waals surface area contributed by atoms with E-state index in [0.29, 0.717) is 23.4 Å². The fourth-order valence-electron chi connectivity index (χ4n) is 2.67. The van der Waals surface area contributed by atoms with Gasteiger partial charge in [0.25, 0.3) is 0 Å². The summed E-state index contributed by atoms with van der Waals surface area (Å²) in [5.41, 5.74) is 1.52. The molecule has 0 saturated carbocycles. The van der Waals surface area contributed by atoms with Crippen LogP contribution in [0.2, 0.25) is 0 Å². The van der Waals surface area contributed by atoms with E-state index < -0.39 is 5.97 Å². The van der Waals surface area contributed by atoms with E-state index in [0.717, 1.165) is 29.2 Å². The van der Waals surface area contributed by atoms with Gasteiger partial charge >= 0.3 is 5.97 Å². The number of carbonyl (C=O) groups excluding carboxylic acids is 1. The molecule has 2 aromatic carbocycles. The fourth-order valence-corrected chi connectivity index (χ4v) is 3.44. The Kier molecular flexibility index (Phi) is 6.93. The molecule has 1 aliphatic heterocycles. The second-order valence-corrected chi connectivity index (χ2v) is 7.26. The van der Waals surface area contributed by atoms with Gasteiger partial charge in [-0.1, -0.05) is 42.5 Å². The maximum Gasteiger partial charge on any atom is 0.354 e. The minimum absolute atomic E-state index is 0.0778. The van der Waals surface area contributed by atoms with Crippen LogP contribution in [0.1, 0.15) is 11.1 Å². The number of benzene rings is 2. The first-order chi connectivity index (χ1) is 13.6. The van der Waals surface area contributed by atoms with Crippen molar-refractivity contribution in [2.45, 2.75) is 0 Å². The number of halogens is 1. The third-order valence-electron chi connectivity index (χ3n) is 4.13. The highest BCUT2D eigenvalue weighted by molar-refractivity contribution is 9.10. The quantitative estimate of drug-likeness (QED) is 0.228. The second-order valence-electron chi connectivity index (χ2n) is 6.02. The number of carbonyl (C=O) groups is 1. The molecule has 28 heavy (non-hydrogen) atoms. The molecule has 1 heterocycles. The molecule has 7 heteroatoms. The molecular weight excluding hydrogens is 440 g/mol. The van der Waals surface area contributed by atoms with E-state index in [4.69, 9.17) is 21.7 Å². The molecule has 0 radical (unpaired) electrons. The molecule has 1 fully saturated rings. The number of morpholine rings is 1. The summed E-state index contributed by atoms with van der Waals surface area (Å²) in [6.45, 7) is 2.81. The summed E-state index contributed by atoms with van der Waals surface area (Å²) < 4.78 is 11.3. The van der Waals surface area contributed by atoms with Crippen molar-refractivity contribution >= 4 is 45.2 Å². The van der Waals surface area contributed by atoms with Crippen LogP contribution < -0.4 is 4.74 Å². The summed E-state index contributed by atoms with van der Waals surface area (Å²) in [6.07, 6.45) is 1.50. The predicted molar refractivity (Wildman–Crippen MR) is 114 cm³/mol. The van der Waals surface area contributed by atoms with Crippen molar-refractivity contribution in [2.75, 3.05) is 26.3 Å². The van der Waals surface area contributed by atoms with Crippen LogP contribution in [0, 0.1) is 11.3 Å². The van der Waals surface area contributed by atoms with Gasteiger partial charge in [-0.2, -0.15) is 5.26 Å². The van der Waals surface area contributed by atoms with E-state index in [1.165, 1.54) is 6.08 Å². The Labute approximate surface area is 177 Å². The molecule has 0 N–H and O–H groups in total. The molecule has 0 spiro atoms. The number of rotatable bonds is 4. The number of esters is 1. The van der Waals surface area contributed by atoms with Crippen LogP contribution in [0.4, 0.5) is 0 Å². The minimum atomic E-state index is -0.712. The average Bonchev–Trinajstić information content (AvgIpc) is 2.74. The molecule has 0 unspecified atom stereocenters. The molecule has 1 aliphatic rings. The highest BCUT2D eigenvalue weighted by Crippen LogP contribution is 2.28. The summed E-state index contributed by atoms with van der Waals surface area (Å²) in [5, 5.41) is 9.30. The normalized spacial score (nSPS) is 14.3. The molecule has 142 valence electrons. The Morgan fingerprint density at radius 2 is 1.93 bits per heavy atom. The first-order valence-corrected chi connectivity index (χ1v) is 9.84. The van der Waals surface area contributed by atoms with E-state index in [1.54, 1.807) is 12.1 Å². The van der Waals surface area contributed by atoms with Gasteiger partial charge in [0.1, 0.15) is 22.4 Å². The third-order valence-corrected chi connectivity index (χ3v) is 5.24. The zero-order valence-corrected chi connectivity index (χ0v) is 17.3. The monoisotopic (exact) mass is 456 g/mol. The molecule has 3 rings (SSSR count). The van der Waals surface area contributed by atoms with Gasteiger partial charge < -0.3 is 14.4 Å². The second kappa shape index (κ2) is 9.60. The van der Waals surface area contributed by atoms with Crippen molar-refractivity contribution in [1.29, 1.82) is 5.26 Å². The van der Waals surface area contributed by atoms with Crippen molar-refractivity contribution < 1.29 is 14.3 Å². The Hall–Kier alpha value is -2.53. The summed E-state index contributed by atoms with van der Waals surface area (Å²) in [7, 11) is 0. The largest absolute Gasteiger partial charge is 0.421 e. The Morgan fingerprint density at radius 1 is 1.21 bits per heavy atom. The lowest BCUT2D eigenvalue weighted by molar-refractivity contribution is -0.129. The third kappa shape index (κ3) is 5.04. The van der Waals surface area contributed by atoms with Crippen LogP contribution in [0.25, 0.3) is 6.08 Å². The zero-order valence-electron chi connectivity index (χ0n) is 14.9. The Balaban J connectivity index is 1.73. The van der Waals surface area contributed by atoms with Crippen LogP contribution in [0.3, 0.4) is 0 Å². The molecule has 5 nitrogen and oxygen atoms in total. The number of ether oxygens (including phenoxy) is 2. The number of nitrogens with zero attached hydrogens (tertiary/aromatic N) is 2. The maximum atomic E-state index is 12.4. The summed E-state index contributed by atoms with van der Waals surface area (Å²) in [4.78, 5) is 15.2. The highest BCUT2D eigenvalue weighted by Gasteiger charge is 2.18. The molecule has 0 amide bonds. The SMILES string of the molecule is N#CC(=Cc1ccccc1)C(=O)Oc1ccc(C(=S)N2CCOCC2)cc1Br. The van der Waals surface area contributed by atoms with Crippen LogP contribution in [-0.2, 0) is 9.53 Å². The van der Waals surface area contributed by atoms with Crippen molar-refractivity contribution in [1.82, 2.24) is 4.90 Å². The molecule has 0 atom stereocenters. The van der Waals surface area contributed by atoms with Crippen molar-refractivity contribution in [3.8, 4) is 11.8 Å². The van der Waals surface area contributed by atoms with Gasteiger partial charge in [-0.25, -0.2) is 4.79 Å². The molecule has 0 aliphatic carbocycles. The first kappa shape index (κ1) is 20.2. The Morgan fingerprint density at radius 3 is 2.57 bits per heavy atom. The van der Waals surface area contributed by atoms with Crippen LogP contribution in [-0.4, -0.2) is 42.2 Å². The molecule has 0 bridgehead atoms. The zero-order chi connectivity index (χ0) is 19.9. The number of hydrogen-bond donors (Lipinski definition) is 0. The lowest BCUT2D eigenvalue weighted by atomic mass is 10.1. The van der Waals surface area contributed by atoms with Gasteiger partial charge in [0.2, 0.25) is 0 Å². The predicted octanol–water partition coefficient (Wildman–Crippen LogP) is 3.97. The highest BCUT2D eigenvalue weighted by atomic mass is 79.9. The molecule has 0 aromatic heterocycles. The molecular formula is C21H17BrN2O3S. The van der Waals surface area contributed by atoms with Gasteiger partial charge in [-0.05, 0) is 45.8 Å². The van der Waals surface area contributed by atoms with E-state index in [-0.39, 0.29) is 5.57 Å². The van der Waals surface area contributed by atoms with Crippen molar-refractivity contribution in [3.05, 3.63) is 69.7 Å². The first-order valence-electron chi connectivity index (χ1n) is 8.64. The topological polar surface area (TPSA) is 62.6 Å². The lowest BCUT2D eigenvalue weighted by Crippen LogP contribution is -2.40. The van der Waals surface area contributed by atoms with Gasteiger partial charge in [0.15, 0.2) is 0 Å². The molecule has 1 saturated heterocycles. The van der Waals surface area contributed by atoms with E-state index in [2.05, 4.69) is 20.8 Å². The molecule has 2 aromatic rings. The summed E-state index contributed by atoms with van der Waals surface area (Å²) in [5.74, 6) is -0.386. The van der Waals surface area contributed by atoms with Crippen molar-refractivity contribution in [3.63, 3.8) is 0 Å². The number of thiocarbonyl (C=S) groups is 1. The number of nitriles is 1. The van der Waals surface area contributed by atoms with Gasteiger partial charge in [-0.15, -0.1) is 0 Å². The van der Waals surface area contributed by atoms with Gasteiger partial charge in [0.05, 0.1) is 17.7 Å². The van der Waals surface area contributed by atoms with E-state index in [9.17, 15) is 10.1 Å². The van der Waals surface area contributed by atoms with Gasteiger partial charge in [-0.3, -0.25) is 0 Å². The number of hydrogen-bond acceptors (Lipinski definition) is 5. The van der Waals surface area contributed by atoms with Gasteiger partial charge in [0, 0.05) is 18.7 Å². The standard InChI is InChI=1S/C21H17BrN2O3S/c22-18-13-16(20(28)24-8-10-26-11-9-24)6-7-19(18)27-21(25)17(14-23)12-15-4-2-1-3-5-15/h1-7,12-13H,8-11H2. The average molecular weight is 457 g/mol. The maximum absolute atomic E-state index is 12.4.